The van der Waals surface area contributed by atoms with Crippen LogP contribution in [0.25, 0.3) is 0 Å². The second-order valence-corrected chi connectivity index (χ2v) is 9.22. The first-order valence-corrected chi connectivity index (χ1v) is 12.5. The van der Waals surface area contributed by atoms with Crippen LogP contribution in [0.4, 0.5) is 0 Å². The van der Waals surface area contributed by atoms with Crippen molar-refractivity contribution in [1.29, 1.82) is 5.41 Å². The summed E-state index contributed by atoms with van der Waals surface area (Å²) in [5, 5.41) is 13.5. The first-order valence-electron chi connectivity index (χ1n) is 12.5. The zero-order valence-electron chi connectivity index (χ0n) is 22.3. The fourth-order valence-corrected chi connectivity index (χ4v) is 3.90. The summed E-state index contributed by atoms with van der Waals surface area (Å²) in [6.45, 7) is 0.150. The molecule has 12 nitrogen and oxygen atoms in total. The molecule has 2 amide bonds. The van der Waals surface area contributed by atoms with Gasteiger partial charge in [0.1, 0.15) is 30.4 Å². The lowest BCUT2D eigenvalue weighted by molar-refractivity contribution is -0.119. The molecule has 3 aromatic rings. The maximum Gasteiger partial charge on any atom is 0.304 e. The number of benzene rings is 3. The van der Waals surface area contributed by atoms with Crippen LogP contribution in [0.15, 0.2) is 94.4 Å². The molecule has 0 atom stereocenters. The zero-order chi connectivity index (χ0) is 28.9. The quantitative estimate of drug-likeness (QED) is 0.246. The third-order valence-corrected chi connectivity index (χ3v) is 5.92. The number of hydrogen-bond donors (Lipinski definition) is 4. The van der Waals surface area contributed by atoms with Gasteiger partial charge in [-0.3, -0.25) is 25.3 Å². The lowest BCUT2D eigenvalue weighted by Gasteiger charge is -2.25. The van der Waals surface area contributed by atoms with Crippen LogP contribution in [-0.2, 0) is 11.4 Å². The average Bonchev–Trinajstić information content (AvgIpc) is 2.97. The van der Waals surface area contributed by atoms with Crippen LogP contribution in [0.5, 0.6) is 17.2 Å². The molecule has 0 aliphatic carbocycles. The van der Waals surface area contributed by atoms with Crippen molar-refractivity contribution in [3.8, 4) is 17.2 Å². The predicted octanol–water partition coefficient (Wildman–Crippen LogP) is 2.37. The van der Waals surface area contributed by atoms with Crippen LogP contribution in [0, 0.1) is 5.41 Å². The van der Waals surface area contributed by atoms with E-state index in [1.165, 1.54) is 4.90 Å². The smallest absolute Gasteiger partial charge is 0.304 e. The fraction of sp³-hybridized carbons (Fsp3) is 0.138. The van der Waals surface area contributed by atoms with E-state index < -0.39 is 0 Å². The SMILES string of the molecule is CN(C)C(=O)c1cccc(OC2=NC(Oc3cc(C(=N)N)ccc3OCc3ccccc3)=C3NC(=O)CN=C3N2)c1. The van der Waals surface area contributed by atoms with Gasteiger partial charge in [0.15, 0.2) is 17.3 Å². The highest BCUT2D eigenvalue weighted by molar-refractivity contribution is 6.13. The third kappa shape index (κ3) is 6.33. The van der Waals surface area contributed by atoms with E-state index in [1.807, 2.05) is 30.3 Å². The van der Waals surface area contributed by atoms with Crippen LogP contribution in [0.1, 0.15) is 21.5 Å². The van der Waals surface area contributed by atoms with Gasteiger partial charge in [-0.05, 0) is 42.0 Å². The highest BCUT2D eigenvalue weighted by Gasteiger charge is 2.29. The first-order chi connectivity index (χ1) is 19.8. The van der Waals surface area contributed by atoms with Crippen LogP contribution in [0.2, 0.25) is 0 Å². The summed E-state index contributed by atoms with van der Waals surface area (Å²) in [4.78, 5) is 34.8. The van der Waals surface area contributed by atoms with Gasteiger partial charge < -0.3 is 30.2 Å². The first kappa shape index (κ1) is 26.9. The number of aliphatic imine (C=N–C) groups is 2. The molecule has 0 radical (unpaired) electrons. The van der Waals surface area contributed by atoms with E-state index in [4.69, 9.17) is 25.4 Å². The summed E-state index contributed by atoms with van der Waals surface area (Å²) in [5.74, 6) is 0.457. The number of amidine groups is 3. The molecule has 3 aromatic carbocycles. The number of nitrogens with zero attached hydrogens (tertiary/aromatic N) is 3. The van der Waals surface area contributed by atoms with Crippen molar-refractivity contribution in [2.24, 2.45) is 15.7 Å². The standard InChI is InChI=1S/C29H27N7O5/c1-36(2)28(38)19-9-6-10-20(13-19)40-29-34-26-24(33-23(37)15-32-26)27(35-29)41-22-14-18(25(30)31)11-12-21(22)39-16-17-7-4-3-5-8-17/h3-14H,15-16H2,1-2H3,(H3,30,31)(H,33,37)(H,32,34,35). The Labute approximate surface area is 235 Å². The number of rotatable bonds is 8. The number of nitrogens with two attached hydrogens (primary N) is 1. The average molecular weight is 554 g/mol. The Morgan fingerprint density at radius 1 is 0.976 bits per heavy atom. The lowest BCUT2D eigenvalue weighted by atomic mass is 10.2. The molecule has 208 valence electrons. The molecule has 0 spiro atoms. The number of nitrogens with one attached hydrogen (secondary N) is 3. The molecule has 2 aliphatic rings. The van der Waals surface area contributed by atoms with Crippen molar-refractivity contribution in [3.05, 3.63) is 101 Å². The zero-order valence-corrected chi connectivity index (χ0v) is 22.3. The normalized spacial score (nSPS) is 14.0. The van der Waals surface area contributed by atoms with E-state index in [0.717, 1.165) is 5.56 Å². The number of nitrogen functional groups attached to an aromatic ring is 1. The highest BCUT2D eigenvalue weighted by atomic mass is 16.5. The van der Waals surface area contributed by atoms with Crippen molar-refractivity contribution in [2.75, 3.05) is 20.6 Å². The number of hydrogen-bond acceptors (Lipinski definition) is 9. The van der Waals surface area contributed by atoms with Gasteiger partial charge in [-0.2, -0.15) is 4.99 Å². The Hall–Kier alpha value is -5.65. The Morgan fingerprint density at radius 3 is 2.54 bits per heavy atom. The molecule has 41 heavy (non-hydrogen) atoms. The molecular formula is C29H27N7O5. The van der Waals surface area contributed by atoms with Crippen LogP contribution >= 0.6 is 0 Å². The summed E-state index contributed by atoms with van der Waals surface area (Å²) in [7, 11) is 3.32. The lowest BCUT2D eigenvalue weighted by Crippen LogP contribution is -2.48. The van der Waals surface area contributed by atoms with E-state index in [9.17, 15) is 9.59 Å². The third-order valence-electron chi connectivity index (χ3n) is 5.92. The van der Waals surface area contributed by atoms with E-state index in [0.29, 0.717) is 22.6 Å². The number of carbonyl (C=O) groups excluding carboxylic acids is 2. The van der Waals surface area contributed by atoms with Gasteiger partial charge in [0, 0.05) is 25.2 Å². The maximum atomic E-state index is 12.4. The minimum Gasteiger partial charge on any atom is -0.485 e. The number of fused-ring (bicyclic) bond motifs is 1. The molecule has 2 heterocycles. The van der Waals surface area contributed by atoms with Crippen molar-refractivity contribution in [3.63, 3.8) is 0 Å². The van der Waals surface area contributed by atoms with E-state index in [1.54, 1.807) is 56.6 Å². The largest absolute Gasteiger partial charge is 0.485 e. The van der Waals surface area contributed by atoms with Crippen LogP contribution < -0.4 is 30.6 Å². The molecular weight excluding hydrogens is 526 g/mol. The maximum absolute atomic E-state index is 12.4. The van der Waals surface area contributed by atoms with Gasteiger partial charge in [0.25, 0.3) is 11.8 Å². The minimum atomic E-state index is -0.348. The van der Waals surface area contributed by atoms with Gasteiger partial charge in [0.2, 0.25) is 5.91 Å². The monoisotopic (exact) mass is 553 g/mol. The topological polar surface area (TPSA) is 164 Å². The summed E-state index contributed by atoms with van der Waals surface area (Å²) in [6, 6.07) is 21.0. The van der Waals surface area contributed by atoms with Gasteiger partial charge in [-0.1, -0.05) is 36.4 Å². The molecule has 0 bridgehead atoms. The van der Waals surface area contributed by atoms with E-state index in [2.05, 4.69) is 20.6 Å². The molecule has 0 fully saturated rings. The Kier molecular flexibility index (Phi) is 7.63. The van der Waals surface area contributed by atoms with Crippen molar-refractivity contribution in [1.82, 2.24) is 15.5 Å². The second kappa shape index (κ2) is 11.6. The van der Waals surface area contributed by atoms with E-state index >= 15 is 0 Å². The fourth-order valence-electron chi connectivity index (χ4n) is 3.90. The Balaban J connectivity index is 1.48. The van der Waals surface area contributed by atoms with Crippen molar-refractivity contribution < 1.29 is 23.8 Å². The van der Waals surface area contributed by atoms with Crippen LogP contribution in [0.3, 0.4) is 0 Å². The van der Waals surface area contributed by atoms with Gasteiger partial charge >= 0.3 is 6.02 Å². The predicted molar refractivity (Wildman–Crippen MR) is 152 cm³/mol. The molecule has 0 unspecified atom stereocenters. The Morgan fingerprint density at radius 2 is 1.78 bits per heavy atom. The molecule has 0 saturated heterocycles. The summed E-state index contributed by atoms with van der Waals surface area (Å²) < 4.78 is 18.2. The second-order valence-electron chi connectivity index (χ2n) is 9.22. The number of ether oxygens (including phenoxy) is 3. The minimum absolute atomic E-state index is 0.00239. The molecule has 0 saturated carbocycles. The molecule has 5 N–H and O–H groups in total. The number of amides is 2. The molecule has 2 aliphatic heterocycles. The van der Waals surface area contributed by atoms with Crippen molar-refractivity contribution >= 4 is 29.5 Å². The highest BCUT2D eigenvalue weighted by Crippen LogP contribution is 2.32. The van der Waals surface area contributed by atoms with E-state index in [-0.39, 0.29) is 60.0 Å². The van der Waals surface area contributed by atoms with Gasteiger partial charge in [-0.15, -0.1) is 0 Å². The van der Waals surface area contributed by atoms with Gasteiger partial charge in [-0.25, -0.2) is 0 Å². The van der Waals surface area contributed by atoms with Crippen molar-refractivity contribution in [2.45, 2.75) is 6.61 Å². The van der Waals surface area contributed by atoms with Gasteiger partial charge in [0.05, 0.1) is 0 Å². The Bertz CT molecular complexity index is 1610. The molecule has 0 aromatic heterocycles. The summed E-state index contributed by atoms with van der Waals surface area (Å²) >= 11 is 0. The summed E-state index contributed by atoms with van der Waals surface area (Å²) in [5.41, 5.74) is 7.70. The number of carbonyl (C=O) groups is 2. The summed E-state index contributed by atoms with van der Waals surface area (Å²) in [6.07, 6.45) is 0. The molecule has 12 heteroatoms. The van der Waals surface area contributed by atoms with Crippen LogP contribution in [-0.4, -0.2) is 55.0 Å². The molecule has 5 rings (SSSR count).